The number of carbonyl (C=O) groups excluding carboxylic acids is 2. The third kappa shape index (κ3) is 5.01. The summed E-state index contributed by atoms with van der Waals surface area (Å²) in [7, 11) is 3.31. The van der Waals surface area contributed by atoms with Crippen molar-refractivity contribution in [3.8, 4) is 0 Å². The van der Waals surface area contributed by atoms with Crippen molar-refractivity contribution in [2.45, 2.75) is 25.3 Å². The number of esters is 1. The predicted octanol–water partition coefficient (Wildman–Crippen LogP) is -0.650. The fraction of sp³-hybridized carbons (Fsp3) is 0.833. The lowest BCUT2D eigenvalue weighted by Gasteiger charge is -2.31. The Hall–Kier alpha value is -1.14. The third-order valence-corrected chi connectivity index (χ3v) is 3.27. The van der Waals surface area contributed by atoms with Gasteiger partial charge >= 0.3 is 5.97 Å². The average Bonchev–Trinajstić information content (AvgIpc) is 2.43. The molecule has 1 rings (SSSR count). The minimum absolute atomic E-state index is 0.155. The van der Waals surface area contributed by atoms with Crippen LogP contribution in [0.2, 0.25) is 0 Å². The molecular formula is C12H23N3O3. The number of carbonyl (C=O) groups is 2. The van der Waals surface area contributed by atoms with Gasteiger partial charge in [-0.2, -0.15) is 0 Å². The van der Waals surface area contributed by atoms with Crippen LogP contribution in [-0.4, -0.2) is 63.2 Å². The second kappa shape index (κ2) is 8.05. The highest BCUT2D eigenvalue weighted by Crippen LogP contribution is 2.10. The van der Waals surface area contributed by atoms with Gasteiger partial charge < -0.3 is 20.3 Å². The predicted molar refractivity (Wildman–Crippen MR) is 68.2 cm³/mol. The summed E-state index contributed by atoms with van der Waals surface area (Å²) in [5.74, 6) is -0.154. The van der Waals surface area contributed by atoms with E-state index < -0.39 is 0 Å². The van der Waals surface area contributed by atoms with Gasteiger partial charge in [0.2, 0.25) is 5.91 Å². The van der Waals surface area contributed by atoms with Crippen LogP contribution in [0.15, 0.2) is 0 Å². The molecule has 0 unspecified atom stereocenters. The van der Waals surface area contributed by atoms with Gasteiger partial charge in [0.15, 0.2) is 0 Å². The van der Waals surface area contributed by atoms with Crippen LogP contribution in [0, 0.1) is 0 Å². The van der Waals surface area contributed by atoms with E-state index in [1.54, 1.807) is 0 Å². The Labute approximate surface area is 108 Å². The normalized spacial score (nSPS) is 16.7. The zero-order valence-corrected chi connectivity index (χ0v) is 11.2. The van der Waals surface area contributed by atoms with E-state index in [4.69, 9.17) is 0 Å². The first-order chi connectivity index (χ1) is 8.67. The van der Waals surface area contributed by atoms with E-state index in [9.17, 15) is 9.59 Å². The molecule has 18 heavy (non-hydrogen) atoms. The second-order valence-corrected chi connectivity index (χ2v) is 4.45. The molecule has 104 valence electrons. The number of methoxy groups -OCH3 is 1. The van der Waals surface area contributed by atoms with Crippen molar-refractivity contribution in [3.05, 3.63) is 0 Å². The van der Waals surface area contributed by atoms with Crippen LogP contribution in [0.25, 0.3) is 0 Å². The van der Waals surface area contributed by atoms with E-state index in [0.717, 1.165) is 25.9 Å². The molecule has 1 aliphatic rings. The van der Waals surface area contributed by atoms with Gasteiger partial charge in [-0.05, 0) is 19.9 Å². The fourth-order valence-corrected chi connectivity index (χ4v) is 2.03. The Balaban J connectivity index is 2.12. The smallest absolute Gasteiger partial charge is 0.319 e. The first kappa shape index (κ1) is 14.9. The summed E-state index contributed by atoms with van der Waals surface area (Å²) in [5.41, 5.74) is 0. The summed E-state index contributed by atoms with van der Waals surface area (Å²) >= 11 is 0. The number of hydrogen-bond acceptors (Lipinski definition) is 5. The van der Waals surface area contributed by atoms with Crippen LogP contribution >= 0.6 is 0 Å². The van der Waals surface area contributed by atoms with Crippen LogP contribution in [0.3, 0.4) is 0 Å². The number of piperidine rings is 1. The van der Waals surface area contributed by atoms with E-state index >= 15 is 0 Å². The molecule has 0 atom stereocenters. The molecule has 0 aromatic heterocycles. The molecule has 1 fully saturated rings. The number of likely N-dealkylation sites (tertiary alicyclic amines) is 1. The van der Waals surface area contributed by atoms with Crippen molar-refractivity contribution in [3.63, 3.8) is 0 Å². The maximum absolute atomic E-state index is 11.9. The molecule has 2 N–H and O–H groups in total. The lowest BCUT2D eigenvalue weighted by Crippen LogP contribution is -2.44. The summed E-state index contributed by atoms with van der Waals surface area (Å²) in [5, 5.41) is 6.12. The van der Waals surface area contributed by atoms with Crippen molar-refractivity contribution in [1.29, 1.82) is 0 Å². The van der Waals surface area contributed by atoms with Crippen molar-refractivity contribution in [1.82, 2.24) is 15.5 Å². The van der Waals surface area contributed by atoms with E-state index in [2.05, 4.69) is 15.4 Å². The van der Waals surface area contributed by atoms with Gasteiger partial charge in [-0.25, -0.2) is 0 Å². The van der Waals surface area contributed by atoms with Gasteiger partial charge in [-0.15, -0.1) is 0 Å². The van der Waals surface area contributed by atoms with Crippen LogP contribution in [0.5, 0.6) is 0 Å². The summed E-state index contributed by atoms with van der Waals surface area (Å²) in [6.45, 7) is 2.31. The summed E-state index contributed by atoms with van der Waals surface area (Å²) in [6, 6.07) is 0.534. The molecule has 0 radical (unpaired) electrons. The molecule has 0 aliphatic carbocycles. The highest BCUT2D eigenvalue weighted by atomic mass is 16.5. The number of nitrogens with zero attached hydrogens (tertiary/aromatic N) is 1. The molecule has 0 spiro atoms. The SMILES string of the molecule is CNC1CCN(C(=O)CCNCC(=O)OC)CC1. The molecule has 6 heteroatoms. The lowest BCUT2D eigenvalue weighted by molar-refractivity contribution is -0.140. The Morgan fingerprint density at radius 2 is 2.00 bits per heavy atom. The topological polar surface area (TPSA) is 70.7 Å². The Morgan fingerprint density at radius 3 is 2.56 bits per heavy atom. The van der Waals surface area contributed by atoms with E-state index in [0.29, 0.717) is 19.0 Å². The minimum atomic E-state index is -0.308. The molecule has 1 aliphatic heterocycles. The molecule has 0 bridgehead atoms. The number of ether oxygens (including phenoxy) is 1. The van der Waals surface area contributed by atoms with Crippen LogP contribution in [0.1, 0.15) is 19.3 Å². The van der Waals surface area contributed by atoms with Crippen molar-refractivity contribution in [2.24, 2.45) is 0 Å². The molecule has 0 aromatic carbocycles. The fourth-order valence-electron chi connectivity index (χ4n) is 2.03. The molecule has 1 amide bonds. The summed E-state index contributed by atoms with van der Waals surface area (Å²) < 4.78 is 4.49. The quantitative estimate of drug-likeness (QED) is 0.489. The molecule has 1 heterocycles. The van der Waals surface area contributed by atoms with Crippen molar-refractivity contribution < 1.29 is 14.3 Å². The Kier molecular flexibility index (Phi) is 6.67. The van der Waals surface area contributed by atoms with Crippen molar-refractivity contribution >= 4 is 11.9 Å². The maximum atomic E-state index is 11.9. The number of amides is 1. The average molecular weight is 257 g/mol. The van der Waals surface area contributed by atoms with Crippen LogP contribution in [0.4, 0.5) is 0 Å². The number of nitrogens with one attached hydrogen (secondary N) is 2. The first-order valence-electron chi connectivity index (χ1n) is 6.40. The van der Waals surface area contributed by atoms with Crippen LogP contribution < -0.4 is 10.6 Å². The number of rotatable bonds is 6. The molecule has 0 aromatic rings. The minimum Gasteiger partial charge on any atom is -0.468 e. The van der Waals surface area contributed by atoms with Gasteiger partial charge in [0, 0.05) is 32.1 Å². The maximum Gasteiger partial charge on any atom is 0.319 e. The lowest BCUT2D eigenvalue weighted by atomic mass is 10.1. The van der Waals surface area contributed by atoms with Gasteiger partial charge in [-0.3, -0.25) is 9.59 Å². The Bertz CT molecular complexity index is 276. The summed E-state index contributed by atoms with van der Waals surface area (Å²) in [6.07, 6.45) is 2.46. The Morgan fingerprint density at radius 1 is 1.33 bits per heavy atom. The van der Waals surface area contributed by atoms with Gasteiger partial charge in [0.25, 0.3) is 0 Å². The number of hydrogen-bond donors (Lipinski definition) is 2. The van der Waals surface area contributed by atoms with E-state index in [1.807, 2.05) is 11.9 Å². The third-order valence-electron chi connectivity index (χ3n) is 3.27. The van der Waals surface area contributed by atoms with Gasteiger partial charge in [-0.1, -0.05) is 0 Å². The summed E-state index contributed by atoms with van der Waals surface area (Å²) in [4.78, 5) is 24.6. The van der Waals surface area contributed by atoms with Crippen molar-refractivity contribution in [2.75, 3.05) is 40.3 Å². The second-order valence-electron chi connectivity index (χ2n) is 4.45. The standard InChI is InChI=1S/C12H23N3O3/c1-13-10-4-7-15(8-5-10)11(16)3-6-14-9-12(17)18-2/h10,13-14H,3-9H2,1-2H3. The largest absolute Gasteiger partial charge is 0.468 e. The first-order valence-corrected chi connectivity index (χ1v) is 6.40. The molecule has 6 nitrogen and oxygen atoms in total. The zero-order chi connectivity index (χ0) is 13.4. The highest BCUT2D eigenvalue weighted by Gasteiger charge is 2.21. The molecule has 1 saturated heterocycles. The molecule has 0 saturated carbocycles. The van der Waals surface area contributed by atoms with Gasteiger partial charge in [0.1, 0.15) is 0 Å². The highest BCUT2D eigenvalue weighted by molar-refractivity contribution is 5.76. The monoisotopic (exact) mass is 257 g/mol. The van der Waals surface area contributed by atoms with Crippen LogP contribution in [-0.2, 0) is 14.3 Å². The van der Waals surface area contributed by atoms with E-state index in [-0.39, 0.29) is 18.4 Å². The zero-order valence-electron chi connectivity index (χ0n) is 11.2. The van der Waals surface area contributed by atoms with E-state index in [1.165, 1.54) is 7.11 Å². The molecular weight excluding hydrogens is 234 g/mol. The van der Waals surface area contributed by atoms with Gasteiger partial charge in [0.05, 0.1) is 13.7 Å².